The first kappa shape index (κ1) is 18.2. The third-order valence-electron chi connectivity index (χ3n) is 4.27. The van der Waals surface area contributed by atoms with Gasteiger partial charge in [0.2, 0.25) is 5.75 Å². The van der Waals surface area contributed by atoms with Crippen LogP contribution in [0.3, 0.4) is 0 Å². The summed E-state index contributed by atoms with van der Waals surface area (Å²) in [6.07, 6.45) is 7.41. The molecule has 0 amide bonds. The second-order valence-corrected chi connectivity index (χ2v) is 6.12. The van der Waals surface area contributed by atoms with Crippen LogP contribution in [-0.4, -0.2) is 33.4 Å². The Labute approximate surface area is 143 Å². The largest absolute Gasteiger partial charge is 0.493 e. The van der Waals surface area contributed by atoms with Gasteiger partial charge >= 0.3 is 5.97 Å². The average Bonchev–Trinajstić information content (AvgIpc) is 2.58. The van der Waals surface area contributed by atoms with Gasteiger partial charge in [0.25, 0.3) is 0 Å². The molecule has 5 heteroatoms. The standard InChI is InChI=1S/C19H26O5/c1-13-6-5-7-15(10-13)24-18(20)9-8-14-11-16(21-2)19(23-4)17(12-14)22-3/h8-9,11-13,15H,5-7,10H2,1-4H3/b9-8+. The maximum absolute atomic E-state index is 12.0. The van der Waals surface area contributed by atoms with Crippen LogP contribution in [0, 0.1) is 5.92 Å². The van der Waals surface area contributed by atoms with Crippen LogP contribution in [0.1, 0.15) is 38.2 Å². The predicted octanol–water partition coefficient (Wildman–Crippen LogP) is 3.85. The number of hydrogen-bond acceptors (Lipinski definition) is 5. The molecule has 5 nitrogen and oxygen atoms in total. The Hall–Kier alpha value is -2.17. The van der Waals surface area contributed by atoms with Crippen molar-refractivity contribution in [1.29, 1.82) is 0 Å². The number of carbonyl (C=O) groups excluding carboxylic acids is 1. The van der Waals surface area contributed by atoms with Crippen molar-refractivity contribution in [2.45, 2.75) is 38.7 Å². The van der Waals surface area contributed by atoms with Crippen molar-refractivity contribution in [2.75, 3.05) is 21.3 Å². The van der Waals surface area contributed by atoms with E-state index in [4.69, 9.17) is 18.9 Å². The summed E-state index contributed by atoms with van der Waals surface area (Å²) in [6.45, 7) is 2.20. The molecule has 0 spiro atoms. The molecule has 1 saturated carbocycles. The van der Waals surface area contributed by atoms with E-state index < -0.39 is 0 Å². The Balaban J connectivity index is 2.06. The number of benzene rings is 1. The lowest BCUT2D eigenvalue weighted by molar-refractivity contribution is -0.144. The molecule has 2 rings (SSSR count). The lowest BCUT2D eigenvalue weighted by atomic mass is 9.89. The van der Waals surface area contributed by atoms with E-state index in [0.29, 0.717) is 23.2 Å². The fraction of sp³-hybridized carbons (Fsp3) is 0.526. The molecule has 1 aromatic carbocycles. The quantitative estimate of drug-likeness (QED) is 0.584. The summed E-state index contributed by atoms with van der Waals surface area (Å²) in [5.41, 5.74) is 0.776. The van der Waals surface area contributed by atoms with Crippen molar-refractivity contribution < 1.29 is 23.7 Å². The van der Waals surface area contributed by atoms with Crippen molar-refractivity contribution in [1.82, 2.24) is 0 Å². The summed E-state index contributed by atoms with van der Waals surface area (Å²) in [4.78, 5) is 12.0. The van der Waals surface area contributed by atoms with E-state index in [1.165, 1.54) is 12.5 Å². The van der Waals surface area contributed by atoms with Gasteiger partial charge in [-0.1, -0.05) is 13.3 Å². The second-order valence-electron chi connectivity index (χ2n) is 6.12. The van der Waals surface area contributed by atoms with Crippen molar-refractivity contribution in [2.24, 2.45) is 5.92 Å². The molecule has 0 heterocycles. The van der Waals surface area contributed by atoms with Gasteiger partial charge in [-0.3, -0.25) is 0 Å². The highest BCUT2D eigenvalue weighted by molar-refractivity contribution is 5.87. The fourth-order valence-corrected chi connectivity index (χ4v) is 3.05. The maximum Gasteiger partial charge on any atom is 0.331 e. The smallest absolute Gasteiger partial charge is 0.331 e. The van der Waals surface area contributed by atoms with Gasteiger partial charge in [0.15, 0.2) is 11.5 Å². The summed E-state index contributed by atoms with van der Waals surface area (Å²) in [7, 11) is 4.67. The predicted molar refractivity (Wildman–Crippen MR) is 92.6 cm³/mol. The van der Waals surface area contributed by atoms with E-state index in [-0.39, 0.29) is 12.1 Å². The summed E-state index contributed by atoms with van der Waals surface area (Å²) in [5.74, 6) is 1.92. The highest BCUT2D eigenvalue weighted by atomic mass is 16.5. The van der Waals surface area contributed by atoms with Crippen molar-refractivity contribution in [3.05, 3.63) is 23.8 Å². The Morgan fingerprint density at radius 3 is 2.29 bits per heavy atom. The Bertz CT molecular complexity index is 568. The Morgan fingerprint density at radius 2 is 1.75 bits per heavy atom. The van der Waals surface area contributed by atoms with Gasteiger partial charge in [-0.25, -0.2) is 4.79 Å². The molecule has 1 aromatic rings. The minimum atomic E-state index is -0.317. The third-order valence-corrected chi connectivity index (χ3v) is 4.27. The number of hydrogen-bond donors (Lipinski definition) is 0. The van der Waals surface area contributed by atoms with E-state index >= 15 is 0 Å². The van der Waals surface area contributed by atoms with E-state index in [0.717, 1.165) is 24.8 Å². The summed E-state index contributed by atoms with van der Waals surface area (Å²) >= 11 is 0. The lowest BCUT2D eigenvalue weighted by Gasteiger charge is -2.25. The highest BCUT2D eigenvalue weighted by Crippen LogP contribution is 2.38. The molecular formula is C19H26O5. The van der Waals surface area contributed by atoms with Gasteiger partial charge in [-0.15, -0.1) is 0 Å². The van der Waals surface area contributed by atoms with Crippen LogP contribution in [0.25, 0.3) is 6.08 Å². The fourth-order valence-electron chi connectivity index (χ4n) is 3.05. The van der Waals surface area contributed by atoms with E-state index in [2.05, 4.69) is 6.92 Å². The van der Waals surface area contributed by atoms with Gasteiger partial charge in [0.1, 0.15) is 6.10 Å². The molecule has 0 bridgehead atoms. The molecule has 0 N–H and O–H groups in total. The van der Waals surface area contributed by atoms with Crippen LogP contribution in [0.4, 0.5) is 0 Å². The van der Waals surface area contributed by atoms with Crippen molar-refractivity contribution in [3.8, 4) is 17.2 Å². The summed E-state index contributed by atoms with van der Waals surface area (Å²) < 4.78 is 21.4. The molecule has 0 saturated heterocycles. The Morgan fingerprint density at radius 1 is 1.08 bits per heavy atom. The van der Waals surface area contributed by atoms with Gasteiger partial charge in [-0.2, -0.15) is 0 Å². The molecule has 24 heavy (non-hydrogen) atoms. The first-order valence-electron chi connectivity index (χ1n) is 8.26. The first-order valence-corrected chi connectivity index (χ1v) is 8.26. The molecular weight excluding hydrogens is 308 g/mol. The van der Waals surface area contributed by atoms with E-state index in [1.54, 1.807) is 39.5 Å². The van der Waals surface area contributed by atoms with Gasteiger partial charge in [0, 0.05) is 6.08 Å². The molecule has 132 valence electrons. The first-order chi connectivity index (χ1) is 11.6. The molecule has 1 aliphatic rings. The zero-order valence-corrected chi connectivity index (χ0v) is 14.8. The molecule has 0 aromatic heterocycles. The third kappa shape index (κ3) is 4.66. The van der Waals surface area contributed by atoms with E-state index in [9.17, 15) is 4.79 Å². The molecule has 0 radical (unpaired) electrons. The van der Waals surface area contributed by atoms with Crippen molar-refractivity contribution in [3.63, 3.8) is 0 Å². The van der Waals surface area contributed by atoms with Gasteiger partial charge in [0.05, 0.1) is 21.3 Å². The maximum atomic E-state index is 12.0. The zero-order chi connectivity index (χ0) is 17.5. The normalized spacial score (nSPS) is 20.7. The van der Waals surface area contributed by atoms with Crippen LogP contribution in [0.15, 0.2) is 18.2 Å². The SMILES string of the molecule is COc1cc(/C=C/C(=O)OC2CCCC(C)C2)cc(OC)c1OC. The molecule has 2 unspecified atom stereocenters. The number of esters is 1. The highest BCUT2D eigenvalue weighted by Gasteiger charge is 2.21. The minimum Gasteiger partial charge on any atom is -0.493 e. The van der Waals surface area contributed by atoms with Gasteiger partial charge < -0.3 is 18.9 Å². The summed E-state index contributed by atoms with van der Waals surface area (Å²) in [6, 6.07) is 3.57. The van der Waals surface area contributed by atoms with Crippen LogP contribution < -0.4 is 14.2 Å². The number of rotatable bonds is 6. The molecule has 2 atom stereocenters. The van der Waals surface area contributed by atoms with Crippen LogP contribution in [0.2, 0.25) is 0 Å². The Kier molecular flexibility index (Phi) is 6.53. The minimum absolute atomic E-state index is 0.0332. The van der Waals surface area contributed by atoms with Gasteiger partial charge in [-0.05, 0) is 49.0 Å². The monoisotopic (exact) mass is 334 g/mol. The molecule has 1 fully saturated rings. The van der Waals surface area contributed by atoms with E-state index in [1.807, 2.05) is 0 Å². The average molecular weight is 334 g/mol. The van der Waals surface area contributed by atoms with Crippen LogP contribution in [-0.2, 0) is 9.53 Å². The van der Waals surface area contributed by atoms with Crippen molar-refractivity contribution >= 4 is 12.0 Å². The number of carbonyl (C=O) groups is 1. The molecule has 1 aliphatic carbocycles. The second kappa shape index (κ2) is 8.62. The summed E-state index contributed by atoms with van der Waals surface area (Å²) in [5, 5.41) is 0. The number of ether oxygens (including phenoxy) is 4. The molecule has 0 aliphatic heterocycles. The van der Waals surface area contributed by atoms with Crippen LogP contribution in [0.5, 0.6) is 17.2 Å². The topological polar surface area (TPSA) is 54.0 Å². The van der Waals surface area contributed by atoms with Crippen LogP contribution >= 0.6 is 0 Å². The number of methoxy groups -OCH3 is 3. The lowest BCUT2D eigenvalue weighted by Crippen LogP contribution is -2.23. The zero-order valence-electron chi connectivity index (χ0n) is 14.8.